The van der Waals surface area contributed by atoms with Crippen molar-refractivity contribution in [3.8, 4) is 11.4 Å². The third-order valence-corrected chi connectivity index (χ3v) is 4.73. The molecule has 3 aromatic rings. The molecule has 0 N–H and O–H groups in total. The number of hydrogen-bond donors (Lipinski definition) is 0. The van der Waals surface area contributed by atoms with Crippen LogP contribution in [0.2, 0.25) is 10.0 Å². The fraction of sp³-hybridized carbons (Fsp3) is 0.190. The van der Waals surface area contributed by atoms with E-state index in [0.717, 1.165) is 17.1 Å². The fourth-order valence-electron chi connectivity index (χ4n) is 2.91. The van der Waals surface area contributed by atoms with Crippen LogP contribution in [0, 0.1) is 19.7 Å². The maximum atomic E-state index is 13.2. The van der Waals surface area contributed by atoms with Crippen LogP contribution in [0.25, 0.3) is 5.69 Å². The lowest BCUT2D eigenvalue weighted by molar-refractivity contribution is 0.0449. The van der Waals surface area contributed by atoms with Crippen LogP contribution in [-0.4, -0.2) is 23.8 Å². The van der Waals surface area contributed by atoms with E-state index in [4.69, 9.17) is 32.7 Å². The van der Waals surface area contributed by atoms with Crippen LogP contribution in [0.4, 0.5) is 4.39 Å². The van der Waals surface area contributed by atoms with Gasteiger partial charge in [0.2, 0.25) is 0 Å². The molecule has 1 aromatic heterocycles. The topological polar surface area (TPSA) is 40.5 Å². The number of aromatic nitrogens is 1. The molecule has 7 heteroatoms. The quantitative estimate of drug-likeness (QED) is 0.374. The van der Waals surface area contributed by atoms with E-state index in [1.807, 2.05) is 18.4 Å². The lowest BCUT2D eigenvalue weighted by atomic mass is 10.2. The molecule has 146 valence electrons. The van der Waals surface area contributed by atoms with E-state index in [2.05, 4.69) is 0 Å². The van der Waals surface area contributed by atoms with Gasteiger partial charge < -0.3 is 14.0 Å². The van der Waals surface area contributed by atoms with Gasteiger partial charge in [0.25, 0.3) is 0 Å². The predicted molar refractivity (Wildman–Crippen MR) is 107 cm³/mol. The Kier molecular flexibility index (Phi) is 6.27. The summed E-state index contributed by atoms with van der Waals surface area (Å²) >= 11 is 11.9. The van der Waals surface area contributed by atoms with Gasteiger partial charge in [0.1, 0.15) is 24.8 Å². The van der Waals surface area contributed by atoms with Gasteiger partial charge in [-0.25, -0.2) is 9.18 Å². The molecule has 2 aromatic carbocycles. The number of carbonyl (C=O) groups is 1. The van der Waals surface area contributed by atoms with E-state index in [1.165, 1.54) is 12.1 Å². The number of aryl methyl sites for hydroxylation is 1. The van der Waals surface area contributed by atoms with Crippen molar-refractivity contribution in [3.63, 3.8) is 0 Å². The summed E-state index contributed by atoms with van der Waals surface area (Å²) in [4.78, 5) is 12.4. The summed E-state index contributed by atoms with van der Waals surface area (Å²) in [5.74, 6) is -0.296. The zero-order valence-electron chi connectivity index (χ0n) is 15.3. The molecule has 0 fully saturated rings. The Balaban J connectivity index is 1.63. The van der Waals surface area contributed by atoms with Gasteiger partial charge in [-0.05, 0) is 62.4 Å². The van der Waals surface area contributed by atoms with Gasteiger partial charge in [0.05, 0.1) is 10.6 Å². The molecule has 0 spiro atoms. The van der Waals surface area contributed by atoms with Crippen molar-refractivity contribution in [3.05, 3.63) is 81.3 Å². The summed E-state index contributed by atoms with van der Waals surface area (Å²) in [7, 11) is 0. The summed E-state index contributed by atoms with van der Waals surface area (Å²) < 4.78 is 25.9. The molecule has 0 saturated carbocycles. The van der Waals surface area contributed by atoms with Gasteiger partial charge in [0, 0.05) is 22.1 Å². The lowest BCUT2D eigenvalue weighted by Gasteiger charge is -2.10. The average molecular weight is 422 g/mol. The SMILES string of the molecule is Cc1cc(C(=O)OCCOc2ccc(Cl)cc2Cl)c(C)n1-c1ccc(F)cc1. The first-order valence-corrected chi connectivity index (χ1v) is 9.32. The smallest absolute Gasteiger partial charge is 0.340 e. The van der Waals surface area contributed by atoms with Gasteiger partial charge in [-0.2, -0.15) is 0 Å². The molecule has 3 rings (SSSR count). The summed E-state index contributed by atoms with van der Waals surface area (Å²) in [6.07, 6.45) is 0. The minimum absolute atomic E-state index is 0.0675. The number of halogens is 3. The van der Waals surface area contributed by atoms with E-state index in [9.17, 15) is 9.18 Å². The van der Waals surface area contributed by atoms with E-state index < -0.39 is 5.97 Å². The van der Waals surface area contributed by atoms with Crippen molar-refractivity contribution < 1.29 is 18.7 Å². The molecule has 0 atom stereocenters. The van der Waals surface area contributed by atoms with Crippen LogP contribution in [0.5, 0.6) is 5.75 Å². The highest BCUT2D eigenvalue weighted by Gasteiger charge is 2.18. The summed E-state index contributed by atoms with van der Waals surface area (Å²) in [5.41, 5.74) is 2.79. The number of benzene rings is 2. The van der Waals surface area contributed by atoms with Gasteiger partial charge in [0.15, 0.2) is 0 Å². The van der Waals surface area contributed by atoms with E-state index in [1.54, 1.807) is 36.4 Å². The molecular formula is C21H18Cl2FNO3. The highest BCUT2D eigenvalue weighted by Crippen LogP contribution is 2.27. The van der Waals surface area contributed by atoms with Crippen LogP contribution >= 0.6 is 23.2 Å². The standard InChI is InChI=1S/C21H18Cl2FNO3/c1-13-11-18(14(2)25(13)17-6-4-16(24)5-7-17)21(26)28-10-9-27-20-8-3-15(22)12-19(20)23/h3-8,11-12H,9-10H2,1-2H3. The number of nitrogens with zero attached hydrogens (tertiary/aromatic N) is 1. The number of esters is 1. The molecule has 0 saturated heterocycles. The first-order valence-electron chi connectivity index (χ1n) is 8.56. The first-order chi connectivity index (χ1) is 13.4. The van der Waals surface area contributed by atoms with Crippen molar-refractivity contribution in [2.75, 3.05) is 13.2 Å². The molecular weight excluding hydrogens is 404 g/mol. The van der Waals surface area contributed by atoms with Crippen LogP contribution in [0.3, 0.4) is 0 Å². The highest BCUT2D eigenvalue weighted by atomic mass is 35.5. The van der Waals surface area contributed by atoms with Crippen LogP contribution in [-0.2, 0) is 4.74 Å². The molecule has 28 heavy (non-hydrogen) atoms. The molecule has 4 nitrogen and oxygen atoms in total. The Labute approximate surface area is 172 Å². The molecule has 0 unspecified atom stereocenters. The molecule has 0 radical (unpaired) electrons. The van der Waals surface area contributed by atoms with E-state index >= 15 is 0 Å². The van der Waals surface area contributed by atoms with Gasteiger partial charge >= 0.3 is 5.97 Å². The maximum absolute atomic E-state index is 13.2. The first kappa shape index (κ1) is 20.2. The monoisotopic (exact) mass is 421 g/mol. The number of rotatable bonds is 6. The maximum Gasteiger partial charge on any atom is 0.340 e. The number of ether oxygens (including phenoxy) is 2. The second-order valence-corrected chi connectivity index (χ2v) is 7.00. The van der Waals surface area contributed by atoms with Crippen LogP contribution < -0.4 is 4.74 Å². The molecule has 0 aliphatic carbocycles. The molecule has 0 bridgehead atoms. The Morgan fingerprint density at radius 3 is 2.43 bits per heavy atom. The van der Waals surface area contributed by atoms with Crippen molar-refractivity contribution in [1.29, 1.82) is 0 Å². The third-order valence-electron chi connectivity index (χ3n) is 4.20. The number of hydrogen-bond acceptors (Lipinski definition) is 3. The predicted octanol–water partition coefficient (Wildman–Crippen LogP) is 5.78. The molecule has 0 aliphatic rings. The lowest BCUT2D eigenvalue weighted by Crippen LogP contribution is -2.13. The van der Waals surface area contributed by atoms with Crippen molar-refractivity contribution in [2.24, 2.45) is 0 Å². The second kappa shape index (κ2) is 8.67. The van der Waals surface area contributed by atoms with Crippen LogP contribution in [0.15, 0.2) is 48.5 Å². The van der Waals surface area contributed by atoms with E-state index in [-0.39, 0.29) is 19.0 Å². The Hall–Kier alpha value is -2.50. The Bertz CT molecular complexity index is 1000. The minimum atomic E-state index is -0.452. The largest absolute Gasteiger partial charge is 0.488 e. The zero-order valence-corrected chi connectivity index (χ0v) is 16.9. The van der Waals surface area contributed by atoms with Gasteiger partial charge in [-0.1, -0.05) is 23.2 Å². The van der Waals surface area contributed by atoms with Crippen molar-refractivity contribution >= 4 is 29.2 Å². The molecule has 1 heterocycles. The number of carbonyl (C=O) groups excluding carboxylic acids is 1. The average Bonchev–Trinajstić information content (AvgIpc) is 2.95. The highest BCUT2D eigenvalue weighted by molar-refractivity contribution is 6.35. The summed E-state index contributed by atoms with van der Waals surface area (Å²) in [6, 6.07) is 12.7. The van der Waals surface area contributed by atoms with E-state index in [0.29, 0.717) is 21.4 Å². The summed E-state index contributed by atoms with van der Waals surface area (Å²) in [5, 5.41) is 0.905. The summed E-state index contributed by atoms with van der Waals surface area (Å²) in [6.45, 7) is 3.91. The third kappa shape index (κ3) is 4.49. The van der Waals surface area contributed by atoms with Crippen molar-refractivity contribution in [1.82, 2.24) is 4.57 Å². The minimum Gasteiger partial charge on any atom is -0.488 e. The molecule has 0 aliphatic heterocycles. The normalized spacial score (nSPS) is 10.8. The van der Waals surface area contributed by atoms with Gasteiger partial charge in [-0.3, -0.25) is 0 Å². The Morgan fingerprint density at radius 1 is 1.04 bits per heavy atom. The van der Waals surface area contributed by atoms with Crippen molar-refractivity contribution in [2.45, 2.75) is 13.8 Å². The second-order valence-electron chi connectivity index (χ2n) is 6.16. The Morgan fingerprint density at radius 2 is 1.75 bits per heavy atom. The van der Waals surface area contributed by atoms with Crippen LogP contribution in [0.1, 0.15) is 21.7 Å². The fourth-order valence-corrected chi connectivity index (χ4v) is 3.38. The van der Waals surface area contributed by atoms with Gasteiger partial charge in [-0.15, -0.1) is 0 Å². The molecule has 0 amide bonds. The zero-order chi connectivity index (χ0) is 20.3.